The molecule has 0 spiro atoms. The Bertz CT molecular complexity index is 816. The van der Waals surface area contributed by atoms with Crippen molar-refractivity contribution in [2.45, 2.75) is 11.4 Å². The Hall–Kier alpha value is -2.32. The monoisotopic (exact) mass is 340 g/mol. The number of nitrogens with two attached hydrogens (primary N) is 1. The average molecular weight is 340 g/mol. The van der Waals surface area contributed by atoms with E-state index in [1.54, 1.807) is 0 Å². The molecule has 0 unspecified atom stereocenters. The van der Waals surface area contributed by atoms with Crippen molar-refractivity contribution in [1.82, 2.24) is 4.31 Å². The lowest BCUT2D eigenvalue weighted by Gasteiger charge is -2.18. The lowest BCUT2D eigenvalue weighted by atomic mass is 10.1. The summed E-state index contributed by atoms with van der Waals surface area (Å²) in [4.78, 5) is 10.00. The molecule has 8 heteroatoms. The topological polar surface area (TPSA) is 80.5 Å². The van der Waals surface area contributed by atoms with Gasteiger partial charge in [-0.3, -0.25) is 4.79 Å². The number of hydrogen-bond acceptors (Lipinski definition) is 3. The predicted octanol–water partition coefficient (Wildman–Crippen LogP) is 1.88. The number of sulfonamides is 1. The van der Waals surface area contributed by atoms with Crippen LogP contribution in [0.15, 0.2) is 47.4 Å². The highest BCUT2D eigenvalue weighted by Crippen LogP contribution is 2.23. The number of halogens is 2. The van der Waals surface area contributed by atoms with Crippen molar-refractivity contribution in [1.29, 1.82) is 0 Å². The van der Waals surface area contributed by atoms with Gasteiger partial charge in [-0.2, -0.15) is 4.31 Å². The van der Waals surface area contributed by atoms with Gasteiger partial charge in [0.05, 0.1) is 0 Å². The highest BCUT2D eigenvalue weighted by atomic mass is 32.2. The van der Waals surface area contributed by atoms with Crippen LogP contribution in [0.25, 0.3) is 0 Å². The van der Waals surface area contributed by atoms with Crippen molar-refractivity contribution in [2.75, 3.05) is 7.05 Å². The van der Waals surface area contributed by atoms with E-state index in [0.29, 0.717) is 5.56 Å². The van der Waals surface area contributed by atoms with Crippen LogP contribution in [0.1, 0.15) is 15.9 Å². The molecular weight excluding hydrogens is 326 g/mol. The normalized spacial score (nSPS) is 11.7. The zero-order valence-electron chi connectivity index (χ0n) is 12.2. The number of benzene rings is 2. The van der Waals surface area contributed by atoms with Gasteiger partial charge in [-0.25, -0.2) is 17.2 Å². The van der Waals surface area contributed by atoms with E-state index in [1.807, 2.05) is 0 Å². The maximum atomic E-state index is 13.7. The van der Waals surface area contributed by atoms with Crippen LogP contribution in [0, 0.1) is 11.6 Å². The zero-order chi connectivity index (χ0) is 17.2. The summed E-state index contributed by atoms with van der Waals surface area (Å²) in [6, 6.07) is 8.78. The summed E-state index contributed by atoms with van der Waals surface area (Å²) in [5.74, 6) is -2.91. The summed E-state index contributed by atoms with van der Waals surface area (Å²) >= 11 is 0. The first-order chi connectivity index (χ1) is 10.7. The van der Waals surface area contributed by atoms with Gasteiger partial charge in [0.2, 0.25) is 15.9 Å². The first-order valence-electron chi connectivity index (χ1n) is 6.52. The molecule has 0 saturated heterocycles. The molecular formula is C15H14F2N2O3S. The van der Waals surface area contributed by atoms with Gasteiger partial charge in [-0.15, -0.1) is 0 Å². The molecule has 2 rings (SSSR count). The summed E-state index contributed by atoms with van der Waals surface area (Å²) in [5, 5.41) is 0. The van der Waals surface area contributed by atoms with Crippen LogP contribution in [-0.4, -0.2) is 25.7 Å². The highest BCUT2D eigenvalue weighted by molar-refractivity contribution is 7.89. The fourth-order valence-electron chi connectivity index (χ4n) is 2.00. The van der Waals surface area contributed by atoms with E-state index in [1.165, 1.54) is 31.3 Å². The van der Waals surface area contributed by atoms with E-state index >= 15 is 0 Å². The highest BCUT2D eigenvalue weighted by Gasteiger charge is 2.28. The Balaban J connectivity index is 2.29. The van der Waals surface area contributed by atoms with Gasteiger partial charge in [-0.05, 0) is 29.8 Å². The van der Waals surface area contributed by atoms with E-state index in [2.05, 4.69) is 0 Å². The molecule has 2 aromatic carbocycles. The molecule has 0 radical (unpaired) electrons. The second-order valence-corrected chi connectivity index (χ2v) is 6.85. The molecule has 0 aliphatic carbocycles. The molecule has 122 valence electrons. The maximum Gasteiger partial charge on any atom is 0.248 e. The molecule has 2 N–H and O–H groups in total. The molecule has 5 nitrogen and oxygen atoms in total. The summed E-state index contributed by atoms with van der Waals surface area (Å²) in [6.45, 7) is -0.116. The smallest absolute Gasteiger partial charge is 0.248 e. The third-order valence-corrected chi connectivity index (χ3v) is 5.09. The summed E-state index contributed by atoms with van der Waals surface area (Å²) in [7, 11) is -3.12. The number of carbonyl (C=O) groups excluding carboxylic acids is 1. The van der Waals surface area contributed by atoms with Crippen molar-refractivity contribution in [3.63, 3.8) is 0 Å². The SMILES string of the molecule is CN(Cc1ccc(C(N)=O)cc1)S(=O)(=O)c1c(F)cccc1F. The van der Waals surface area contributed by atoms with Crippen LogP contribution in [0.3, 0.4) is 0 Å². The third kappa shape index (κ3) is 3.54. The van der Waals surface area contributed by atoms with E-state index in [-0.39, 0.29) is 12.1 Å². The van der Waals surface area contributed by atoms with Crippen LogP contribution < -0.4 is 5.73 Å². The molecule has 0 bridgehead atoms. The molecule has 0 aliphatic rings. The lowest BCUT2D eigenvalue weighted by Crippen LogP contribution is -2.28. The quantitative estimate of drug-likeness (QED) is 0.902. The molecule has 23 heavy (non-hydrogen) atoms. The molecule has 2 aromatic rings. The molecule has 0 aliphatic heterocycles. The Morgan fingerprint density at radius 2 is 1.61 bits per heavy atom. The van der Waals surface area contributed by atoms with Gasteiger partial charge in [0, 0.05) is 19.2 Å². The van der Waals surface area contributed by atoms with Gasteiger partial charge in [0.15, 0.2) is 4.90 Å². The Kier molecular flexibility index (Phi) is 4.76. The van der Waals surface area contributed by atoms with Gasteiger partial charge < -0.3 is 5.73 Å². The second kappa shape index (κ2) is 6.43. The van der Waals surface area contributed by atoms with Crippen LogP contribution in [0.5, 0.6) is 0 Å². The standard InChI is InChI=1S/C15H14F2N2O3S/c1-19(9-10-5-7-11(8-6-10)15(18)20)23(21,22)14-12(16)3-2-4-13(14)17/h2-8H,9H2,1H3,(H2,18,20). The van der Waals surface area contributed by atoms with Crippen molar-refractivity contribution in [3.05, 3.63) is 65.2 Å². The fourth-order valence-corrected chi connectivity index (χ4v) is 3.26. The van der Waals surface area contributed by atoms with Crippen molar-refractivity contribution in [3.8, 4) is 0 Å². The molecule has 0 atom stereocenters. The summed E-state index contributed by atoms with van der Waals surface area (Å²) in [6.07, 6.45) is 0. The summed E-state index contributed by atoms with van der Waals surface area (Å²) < 4.78 is 52.9. The van der Waals surface area contributed by atoms with Gasteiger partial charge in [0.25, 0.3) is 0 Å². The minimum absolute atomic E-state index is 0.116. The molecule has 0 saturated carbocycles. The number of rotatable bonds is 5. The van der Waals surface area contributed by atoms with E-state index in [4.69, 9.17) is 5.73 Å². The number of amides is 1. The van der Waals surface area contributed by atoms with Crippen LogP contribution in [-0.2, 0) is 16.6 Å². The number of carbonyl (C=O) groups is 1. The Labute approximate surface area is 132 Å². The van der Waals surface area contributed by atoms with E-state index in [0.717, 1.165) is 22.5 Å². The first kappa shape index (κ1) is 17.0. The van der Waals surface area contributed by atoms with Crippen LogP contribution in [0.4, 0.5) is 8.78 Å². The number of nitrogens with zero attached hydrogens (tertiary/aromatic N) is 1. The lowest BCUT2D eigenvalue weighted by molar-refractivity contribution is 0.1000. The Morgan fingerprint density at radius 3 is 2.09 bits per heavy atom. The average Bonchev–Trinajstić information content (AvgIpc) is 2.47. The molecule has 0 fully saturated rings. The predicted molar refractivity (Wildman–Crippen MR) is 80.0 cm³/mol. The first-order valence-corrected chi connectivity index (χ1v) is 7.96. The van der Waals surface area contributed by atoms with Crippen molar-refractivity contribution >= 4 is 15.9 Å². The van der Waals surface area contributed by atoms with Gasteiger partial charge >= 0.3 is 0 Å². The van der Waals surface area contributed by atoms with Gasteiger partial charge in [-0.1, -0.05) is 18.2 Å². The second-order valence-electron chi connectivity index (χ2n) is 4.87. The maximum absolute atomic E-state index is 13.7. The van der Waals surface area contributed by atoms with Crippen LogP contribution >= 0.6 is 0 Å². The minimum Gasteiger partial charge on any atom is -0.366 e. The Morgan fingerprint density at radius 1 is 1.09 bits per heavy atom. The summed E-state index contributed by atoms with van der Waals surface area (Å²) in [5.41, 5.74) is 5.93. The molecule has 1 amide bonds. The van der Waals surface area contributed by atoms with E-state index in [9.17, 15) is 22.0 Å². The largest absolute Gasteiger partial charge is 0.366 e. The zero-order valence-corrected chi connectivity index (χ0v) is 13.0. The minimum atomic E-state index is -4.33. The van der Waals surface area contributed by atoms with Crippen molar-refractivity contribution < 1.29 is 22.0 Å². The third-order valence-electron chi connectivity index (χ3n) is 3.23. The fraction of sp³-hybridized carbons (Fsp3) is 0.133. The van der Waals surface area contributed by atoms with E-state index < -0.39 is 32.5 Å². The number of hydrogen-bond donors (Lipinski definition) is 1. The van der Waals surface area contributed by atoms with Crippen molar-refractivity contribution in [2.24, 2.45) is 5.73 Å². The molecule has 0 heterocycles. The molecule has 0 aromatic heterocycles. The van der Waals surface area contributed by atoms with Gasteiger partial charge in [0.1, 0.15) is 11.6 Å². The van der Waals surface area contributed by atoms with Crippen LogP contribution in [0.2, 0.25) is 0 Å². The number of primary amides is 1.